The minimum atomic E-state index is -4.83. The SMILES string of the molecule is O=C(N1CCN(c2ccc(Cl)cc2-c2ccco2)CC1)C(F)(F)F. The number of furan rings is 1. The number of alkyl halides is 3. The van der Waals surface area contributed by atoms with Crippen LogP contribution in [0.5, 0.6) is 0 Å². The van der Waals surface area contributed by atoms with E-state index in [1.54, 1.807) is 36.6 Å². The molecule has 0 spiro atoms. The molecule has 1 amide bonds. The molecule has 0 unspecified atom stereocenters. The summed E-state index contributed by atoms with van der Waals surface area (Å²) in [5.74, 6) is -1.16. The van der Waals surface area contributed by atoms with Gasteiger partial charge in [-0.1, -0.05) is 11.6 Å². The first kappa shape index (κ1) is 16.7. The Hall–Kier alpha value is -2.15. The third-order valence-corrected chi connectivity index (χ3v) is 4.13. The molecule has 8 heteroatoms. The standard InChI is InChI=1S/C16H14ClF3N2O2/c17-11-3-4-13(12(10-11)14-2-1-9-24-14)21-5-7-22(8-6-21)15(23)16(18,19)20/h1-4,9-10H,5-8H2. The molecule has 3 rings (SSSR count). The summed E-state index contributed by atoms with van der Waals surface area (Å²) in [4.78, 5) is 14.1. The number of hydrogen-bond acceptors (Lipinski definition) is 3. The predicted molar refractivity (Wildman–Crippen MR) is 84.0 cm³/mol. The Labute approximate surface area is 141 Å². The van der Waals surface area contributed by atoms with Crippen LogP contribution in [0.25, 0.3) is 11.3 Å². The van der Waals surface area contributed by atoms with Crippen molar-refractivity contribution in [2.24, 2.45) is 0 Å². The van der Waals surface area contributed by atoms with Gasteiger partial charge < -0.3 is 14.2 Å². The van der Waals surface area contributed by atoms with Gasteiger partial charge in [0.05, 0.1) is 6.26 Å². The molecule has 4 nitrogen and oxygen atoms in total. The fourth-order valence-corrected chi connectivity index (χ4v) is 2.92. The Balaban J connectivity index is 1.79. The number of carbonyl (C=O) groups excluding carboxylic acids is 1. The minimum Gasteiger partial charge on any atom is -0.464 e. The lowest BCUT2D eigenvalue weighted by molar-refractivity contribution is -0.185. The molecule has 1 aliphatic heterocycles. The average Bonchev–Trinajstić information content (AvgIpc) is 3.08. The highest BCUT2D eigenvalue weighted by molar-refractivity contribution is 6.31. The lowest BCUT2D eigenvalue weighted by Crippen LogP contribution is -2.52. The van der Waals surface area contributed by atoms with E-state index in [4.69, 9.17) is 16.0 Å². The largest absolute Gasteiger partial charge is 0.471 e. The van der Waals surface area contributed by atoms with Gasteiger partial charge in [0.2, 0.25) is 0 Å². The normalized spacial score (nSPS) is 15.7. The first-order valence-corrected chi connectivity index (χ1v) is 7.68. The van der Waals surface area contributed by atoms with Crippen molar-refractivity contribution in [1.82, 2.24) is 4.90 Å². The van der Waals surface area contributed by atoms with E-state index < -0.39 is 12.1 Å². The Bertz CT molecular complexity index is 723. The molecular weight excluding hydrogens is 345 g/mol. The van der Waals surface area contributed by atoms with Crippen molar-refractivity contribution < 1.29 is 22.4 Å². The molecule has 1 aromatic heterocycles. The molecule has 1 aliphatic rings. The molecule has 1 fully saturated rings. The summed E-state index contributed by atoms with van der Waals surface area (Å²) in [5.41, 5.74) is 1.58. The fourth-order valence-electron chi connectivity index (χ4n) is 2.74. The molecule has 0 saturated carbocycles. The third-order valence-electron chi connectivity index (χ3n) is 3.90. The monoisotopic (exact) mass is 358 g/mol. The molecule has 0 atom stereocenters. The minimum absolute atomic E-state index is 0.0125. The van der Waals surface area contributed by atoms with Gasteiger partial charge in [-0.05, 0) is 30.3 Å². The quantitative estimate of drug-likeness (QED) is 0.819. The van der Waals surface area contributed by atoms with E-state index in [9.17, 15) is 18.0 Å². The number of hydrogen-bond donors (Lipinski definition) is 0. The van der Waals surface area contributed by atoms with E-state index in [-0.39, 0.29) is 13.1 Å². The van der Waals surface area contributed by atoms with Crippen LogP contribution in [-0.4, -0.2) is 43.2 Å². The Morgan fingerprint density at radius 2 is 1.83 bits per heavy atom. The lowest BCUT2D eigenvalue weighted by atomic mass is 10.1. The Morgan fingerprint density at radius 1 is 1.12 bits per heavy atom. The second-order valence-corrected chi connectivity index (χ2v) is 5.85. The second-order valence-electron chi connectivity index (χ2n) is 5.42. The molecule has 0 bridgehead atoms. The van der Waals surface area contributed by atoms with E-state index in [0.717, 1.165) is 16.2 Å². The highest BCUT2D eigenvalue weighted by Gasteiger charge is 2.43. The van der Waals surface area contributed by atoms with Crippen LogP contribution in [0.15, 0.2) is 41.0 Å². The maximum absolute atomic E-state index is 12.5. The van der Waals surface area contributed by atoms with Crippen LogP contribution in [0.3, 0.4) is 0 Å². The zero-order valence-electron chi connectivity index (χ0n) is 12.5. The van der Waals surface area contributed by atoms with Gasteiger partial charge in [0.15, 0.2) is 0 Å². The number of piperazine rings is 1. The summed E-state index contributed by atoms with van der Waals surface area (Å²) < 4.78 is 43.0. The predicted octanol–water partition coefficient (Wildman–Crippen LogP) is 3.81. The summed E-state index contributed by atoms with van der Waals surface area (Å²) in [5, 5.41) is 0.538. The molecule has 0 N–H and O–H groups in total. The van der Waals surface area contributed by atoms with E-state index in [1.165, 1.54) is 0 Å². The van der Waals surface area contributed by atoms with Crippen molar-refractivity contribution in [3.05, 3.63) is 41.6 Å². The van der Waals surface area contributed by atoms with Crippen LogP contribution in [0.2, 0.25) is 5.02 Å². The molecule has 128 valence electrons. The van der Waals surface area contributed by atoms with Gasteiger partial charge >= 0.3 is 12.1 Å². The van der Waals surface area contributed by atoms with Crippen molar-refractivity contribution in [2.45, 2.75) is 6.18 Å². The molecule has 2 heterocycles. The second kappa shape index (κ2) is 6.39. The van der Waals surface area contributed by atoms with E-state index in [1.807, 2.05) is 4.90 Å². The molecule has 0 aliphatic carbocycles. The topological polar surface area (TPSA) is 36.7 Å². The first-order valence-electron chi connectivity index (χ1n) is 7.31. The summed E-state index contributed by atoms with van der Waals surface area (Å²) in [6.07, 6.45) is -3.29. The Kier molecular flexibility index (Phi) is 4.45. The number of amides is 1. The highest BCUT2D eigenvalue weighted by Crippen LogP contribution is 2.34. The molecular formula is C16H14ClF3N2O2. The van der Waals surface area contributed by atoms with Crippen molar-refractivity contribution in [3.8, 4) is 11.3 Å². The first-order chi connectivity index (χ1) is 11.4. The summed E-state index contributed by atoms with van der Waals surface area (Å²) in [6, 6.07) is 8.82. The number of nitrogens with zero attached hydrogens (tertiary/aromatic N) is 2. The summed E-state index contributed by atoms with van der Waals surface area (Å²) in [7, 11) is 0. The zero-order valence-corrected chi connectivity index (χ0v) is 13.3. The molecule has 1 aromatic carbocycles. The van der Waals surface area contributed by atoms with Crippen LogP contribution in [-0.2, 0) is 4.79 Å². The van der Waals surface area contributed by atoms with E-state index >= 15 is 0 Å². The van der Waals surface area contributed by atoms with E-state index in [2.05, 4.69) is 0 Å². The maximum Gasteiger partial charge on any atom is 0.471 e. The number of benzene rings is 1. The van der Waals surface area contributed by atoms with Crippen molar-refractivity contribution in [3.63, 3.8) is 0 Å². The molecule has 1 saturated heterocycles. The van der Waals surface area contributed by atoms with Gasteiger partial charge in [-0.2, -0.15) is 13.2 Å². The maximum atomic E-state index is 12.5. The number of carbonyl (C=O) groups is 1. The molecule has 24 heavy (non-hydrogen) atoms. The zero-order chi connectivity index (χ0) is 17.3. The van der Waals surface area contributed by atoms with Crippen LogP contribution in [0.1, 0.15) is 0 Å². The number of halogens is 4. The highest BCUT2D eigenvalue weighted by atomic mass is 35.5. The van der Waals surface area contributed by atoms with E-state index in [0.29, 0.717) is 23.9 Å². The smallest absolute Gasteiger partial charge is 0.464 e. The van der Waals surface area contributed by atoms with Gasteiger partial charge in [0, 0.05) is 42.5 Å². The van der Waals surface area contributed by atoms with Crippen LogP contribution in [0, 0.1) is 0 Å². The lowest BCUT2D eigenvalue weighted by Gasteiger charge is -2.37. The average molecular weight is 359 g/mol. The third kappa shape index (κ3) is 3.36. The van der Waals surface area contributed by atoms with Gasteiger partial charge in [-0.3, -0.25) is 4.79 Å². The van der Waals surface area contributed by atoms with Gasteiger partial charge in [-0.15, -0.1) is 0 Å². The molecule has 2 aromatic rings. The van der Waals surface area contributed by atoms with Crippen LogP contribution < -0.4 is 4.90 Å². The van der Waals surface area contributed by atoms with Gasteiger partial charge in [-0.25, -0.2) is 0 Å². The van der Waals surface area contributed by atoms with Crippen LogP contribution >= 0.6 is 11.6 Å². The van der Waals surface area contributed by atoms with Gasteiger partial charge in [0.1, 0.15) is 5.76 Å². The fraction of sp³-hybridized carbons (Fsp3) is 0.312. The van der Waals surface area contributed by atoms with Gasteiger partial charge in [0.25, 0.3) is 0 Å². The van der Waals surface area contributed by atoms with Crippen molar-refractivity contribution in [2.75, 3.05) is 31.1 Å². The van der Waals surface area contributed by atoms with Crippen molar-refractivity contribution >= 4 is 23.2 Å². The van der Waals surface area contributed by atoms with Crippen molar-refractivity contribution in [1.29, 1.82) is 0 Å². The van der Waals surface area contributed by atoms with Crippen LogP contribution in [0.4, 0.5) is 18.9 Å². The number of anilines is 1. The molecule has 0 radical (unpaired) electrons. The summed E-state index contributed by atoms with van der Waals surface area (Å²) in [6.45, 7) is 0.630. The summed E-state index contributed by atoms with van der Waals surface area (Å²) >= 11 is 6.05. The Morgan fingerprint density at radius 3 is 2.42 bits per heavy atom. The number of rotatable bonds is 2.